The van der Waals surface area contributed by atoms with Crippen LogP contribution in [-0.2, 0) is 27.3 Å². The van der Waals surface area contributed by atoms with Gasteiger partial charge in [0.05, 0.1) is 43.9 Å². The fraction of sp³-hybridized carbons (Fsp3) is 0.423. The average molecular weight is 525 g/mol. The number of nitro benzene ring substituents is 1. The highest BCUT2D eigenvalue weighted by atomic mass is 16.6. The number of nitrogens with zero attached hydrogens (tertiary/aromatic N) is 3. The lowest BCUT2D eigenvalue weighted by molar-refractivity contribution is -0.384. The second kappa shape index (κ2) is 9.28. The Labute approximate surface area is 218 Å². The normalized spacial score (nSPS) is 26.5. The fourth-order valence-electron chi connectivity index (χ4n) is 5.96. The van der Waals surface area contributed by atoms with E-state index in [9.17, 15) is 24.5 Å². The zero-order chi connectivity index (χ0) is 27.4. The summed E-state index contributed by atoms with van der Waals surface area (Å²) in [5.41, 5.74) is -0.155. The number of benzene rings is 2. The van der Waals surface area contributed by atoms with Crippen molar-refractivity contribution < 1.29 is 33.5 Å². The largest absolute Gasteiger partial charge is 0.497 e. The molecule has 3 aliphatic rings. The number of nitrogens with one attached hydrogen (secondary N) is 1. The number of non-ortho nitro benzene ring substituents is 1. The Morgan fingerprint density at radius 2 is 1.79 bits per heavy atom. The average Bonchev–Trinajstić information content (AvgIpc) is 2.88. The second-order valence-corrected chi connectivity index (χ2v) is 9.84. The van der Waals surface area contributed by atoms with E-state index in [2.05, 4.69) is 5.32 Å². The number of carbonyl (C=O) groups excluding carboxylic acids is 3. The molecular formula is C26H28N4O8. The van der Waals surface area contributed by atoms with E-state index < -0.39 is 40.3 Å². The highest BCUT2D eigenvalue weighted by molar-refractivity contribution is 6.20. The molecule has 38 heavy (non-hydrogen) atoms. The van der Waals surface area contributed by atoms with Crippen LogP contribution in [-0.4, -0.2) is 66.7 Å². The van der Waals surface area contributed by atoms with Crippen molar-refractivity contribution in [2.45, 2.75) is 45.1 Å². The number of ether oxygens (including phenoxy) is 3. The van der Waals surface area contributed by atoms with Gasteiger partial charge in [-0.25, -0.2) is 4.79 Å². The van der Waals surface area contributed by atoms with Gasteiger partial charge in [0.2, 0.25) is 11.8 Å². The first-order valence-electron chi connectivity index (χ1n) is 12.2. The summed E-state index contributed by atoms with van der Waals surface area (Å²) in [4.78, 5) is 54.9. The number of hydrogen-bond acceptors (Lipinski definition) is 9. The van der Waals surface area contributed by atoms with Crippen molar-refractivity contribution in [3.63, 3.8) is 0 Å². The van der Waals surface area contributed by atoms with Gasteiger partial charge in [-0.3, -0.25) is 29.9 Å². The summed E-state index contributed by atoms with van der Waals surface area (Å²) < 4.78 is 16.7. The molecule has 1 spiro atoms. The van der Waals surface area contributed by atoms with E-state index in [-0.39, 0.29) is 24.8 Å². The molecule has 2 aromatic rings. The molecule has 12 heteroatoms. The van der Waals surface area contributed by atoms with E-state index in [0.29, 0.717) is 34.9 Å². The van der Waals surface area contributed by atoms with Crippen LogP contribution >= 0.6 is 0 Å². The lowest BCUT2D eigenvalue weighted by Crippen LogP contribution is -2.75. The van der Waals surface area contributed by atoms with Gasteiger partial charge in [-0.2, -0.15) is 0 Å². The molecule has 0 aliphatic carbocycles. The molecule has 0 bridgehead atoms. The summed E-state index contributed by atoms with van der Waals surface area (Å²) in [6, 6.07) is 7.88. The number of anilines is 1. The first-order valence-corrected chi connectivity index (χ1v) is 12.2. The molecule has 5 rings (SSSR count). The number of amides is 4. The number of barbiturate groups is 1. The minimum absolute atomic E-state index is 0.122. The van der Waals surface area contributed by atoms with Crippen molar-refractivity contribution in [1.29, 1.82) is 0 Å². The number of nitro groups is 1. The van der Waals surface area contributed by atoms with E-state index in [4.69, 9.17) is 14.2 Å². The molecule has 0 saturated carbocycles. The van der Waals surface area contributed by atoms with Crippen LogP contribution in [0.15, 0.2) is 36.4 Å². The van der Waals surface area contributed by atoms with Crippen LogP contribution in [0.1, 0.15) is 25.0 Å². The third kappa shape index (κ3) is 3.92. The molecule has 1 N–H and O–H groups in total. The third-order valence-electron chi connectivity index (χ3n) is 7.49. The predicted molar refractivity (Wildman–Crippen MR) is 134 cm³/mol. The summed E-state index contributed by atoms with van der Waals surface area (Å²) in [7, 11) is 2.98. The van der Waals surface area contributed by atoms with E-state index >= 15 is 0 Å². The summed E-state index contributed by atoms with van der Waals surface area (Å²) in [6.07, 6.45) is -0.893. The van der Waals surface area contributed by atoms with Crippen LogP contribution < -0.4 is 19.7 Å². The van der Waals surface area contributed by atoms with Gasteiger partial charge in [0.25, 0.3) is 5.69 Å². The minimum Gasteiger partial charge on any atom is -0.497 e. The molecule has 3 aliphatic heterocycles. The van der Waals surface area contributed by atoms with Gasteiger partial charge in [0.15, 0.2) is 5.41 Å². The molecule has 2 saturated heterocycles. The van der Waals surface area contributed by atoms with Gasteiger partial charge in [-0.15, -0.1) is 0 Å². The number of rotatable bonds is 5. The molecule has 0 radical (unpaired) electrons. The Kier molecular flexibility index (Phi) is 6.22. The lowest BCUT2D eigenvalue weighted by Gasteiger charge is -2.56. The van der Waals surface area contributed by atoms with Crippen molar-refractivity contribution in [1.82, 2.24) is 10.2 Å². The molecule has 4 unspecified atom stereocenters. The zero-order valence-corrected chi connectivity index (χ0v) is 21.4. The topological polar surface area (TPSA) is 141 Å². The van der Waals surface area contributed by atoms with E-state index in [1.54, 1.807) is 31.2 Å². The smallest absolute Gasteiger partial charge is 0.331 e. The predicted octanol–water partition coefficient (Wildman–Crippen LogP) is 2.42. The Bertz CT molecular complexity index is 1320. The second-order valence-electron chi connectivity index (χ2n) is 9.84. The van der Waals surface area contributed by atoms with Gasteiger partial charge in [0, 0.05) is 36.9 Å². The fourth-order valence-corrected chi connectivity index (χ4v) is 5.96. The first kappa shape index (κ1) is 25.5. The van der Waals surface area contributed by atoms with Gasteiger partial charge >= 0.3 is 6.03 Å². The minimum atomic E-state index is -1.75. The van der Waals surface area contributed by atoms with Gasteiger partial charge in [-0.05, 0) is 43.2 Å². The standard InChI is InChI=1S/C26H28N4O8/c1-14-12-28-21-6-5-18(30(34)35)9-17(21)11-26(22(28)15(2)38-14)23(31)27-25(33)29(24(26)32)13-16-7-19(36-3)10-20(8-16)37-4/h5-10,14-15,22H,11-13H2,1-4H3,(H,27,31,33). The van der Waals surface area contributed by atoms with E-state index in [1.165, 1.54) is 26.4 Å². The molecule has 4 amide bonds. The molecule has 2 aromatic carbocycles. The van der Waals surface area contributed by atoms with Crippen molar-refractivity contribution in [3.8, 4) is 11.5 Å². The zero-order valence-electron chi connectivity index (χ0n) is 21.4. The quantitative estimate of drug-likeness (QED) is 0.355. The maximum Gasteiger partial charge on any atom is 0.331 e. The van der Waals surface area contributed by atoms with Crippen molar-refractivity contribution in [2.24, 2.45) is 5.41 Å². The van der Waals surface area contributed by atoms with Crippen LogP contribution in [0.5, 0.6) is 11.5 Å². The Morgan fingerprint density at radius 3 is 2.42 bits per heavy atom. The first-order chi connectivity index (χ1) is 18.1. The summed E-state index contributed by atoms with van der Waals surface area (Å²) in [5, 5.41) is 13.9. The number of morpholine rings is 1. The number of fused-ring (bicyclic) bond motifs is 4. The van der Waals surface area contributed by atoms with Crippen molar-refractivity contribution in [3.05, 3.63) is 57.6 Å². The number of urea groups is 1. The molecule has 200 valence electrons. The van der Waals surface area contributed by atoms with Crippen LogP contribution in [0.4, 0.5) is 16.2 Å². The maximum absolute atomic E-state index is 14.3. The molecule has 0 aromatic heterocycles. The SMILES string of the molecule is COc1cc(CN2C(=O)NC(=O)C3(Cc4cc([N+](=O)[O-])ccc4N4CC(C)OC(C)C43)C2=O)cc(OC)c1. The highest BCUT2D eigenvalue weighted by Crippen LogP contribution is 2.48. The van der Waals surface area contributed by atoms with Crippen molar-refractivity contribution >= 4 is 29.2 Å². The van der Waals surface area contributed by atoms with E-state index in [1.807, 2.05) is 11.8 Å². The monoisotopic (exact) mass is 524 g/mol. The number of carbonyl (C=O) groups is 3. The van der Waals surface area contributed by atoms with Crippen LogP contribution in [0.3, 0.4) is 0 Å². The number of hydrogen-bond donors (Lipinski definition) is 1. The Balaban J connectivity index is 1.62. The third-order valence-corrected chi connectivity index (χ3v) is 7.49. The van der Waals surface area contributed by atoms with Crippen molar-refractivity contribution in [2.75, 3.05) is 25.7 Å². The van der Waals surface area contributed by atoms with Crippen LogP contribution in [0.25, 0.3) is 0 Å². The lowest BCUT2D eigenvalue weighted by atomic mass is 9.66. The Hall–Kier alpha value is -4.19. The maximum atomic E-state index is 14.3. The highest BCUT2D eigenvalue weighted by Gasteiger charge is 2.64. The summed E-state index contributed by atoms with van der Waals surface area (Å²) >= 11 is 0. The molecule has 2 fully saturated rings. The van der Waals surface area contributed by atoms with Gasteiger partial charge < -0.3 is 19.1 Å². The number of imide groups is 2. The Morgan fingerprint density at radius 1 is 1.11 bits per heavy atom. The van der Waals surface area contributed by atoms with Crippen LogP contribution in [0.2, 0.25) is 0 Å². The van der Waals surface area contributed by atoms with Gasteiger partial charge in [-0.1, -0.05) is 0 Å². The molecule has 12 nitrogen and oxygen atoms in total. The van der Waals surface area contributed by atoms with Gasteiger partial charge in [0.1, 0.15) is 11.5 Å². The summed E-state index contributed by atoms with van der Waals surface area (Å²) in [5.74, 6) is -0.485. The summed E-state index contributed by atoms with van der Waals surface area (Å²) in [6.45, 7) is 3.89. The molecule has 3 heterocycles. The number of methoxy groups -OCH3 is 2. The molecular weight excluding hydrogens is 496 g/mol. The molecule has 4 atom stereocenters. The van der Waals surface area contributed by atoms with E-state index in [0.717, 1.165) is 4.90 Å². The van der Waals surface area contributed by atoms with Crippen LogP contribution in [0, 0.1) is 15.5 Å².